The Labute approximate surface area is 831 Å². The standard InChI is InChI=1S/C99H157N21O22/c1-9-11-12-13-14-15-16-17-18-19-29-45-81(123)105-58-82(124)111-77(56-79(103)121)97(139)120-86(63(7)10-2)98(140)119-75(54-66-38-25-21-26-39-66)92(134)108-64(8)87(129)115-78(57-80(104)122)96(138)116-73(52-62(5)6)94(136)118-76(55-67-40-27-22-28-41-67)95(137)112-68(42-30-33-48-100)88(130)106-60-84(126)110-72(51-61(3)4)93(135)117-74(53-65-36-23-20-24-37-65)89(131)107-59-83(125)109-69(43-31-34-49-101)90(132)113-70(44-32-35-50-102)91(133)114-71(99(141)142)46-47-85(127)128/h20-28,36-41,61-64,68-78,86H,9-19,29-35,42-60,100-102H2,1-8H3,(H2,103,121)(H2,104,122)(H,105,123)(H,106,130)(H,107,131)(H,108,134)(H,109,125)(H,110,126)(H,111,124)(H,112,137)(H,113,132)(H,114,133)(H,115,129)(H,116,138)(H,117,135)(H,118,136)(H,119,140)(H,120,139)(H,127,128)(H,141,142)/t63-,64-,68-,69-,70-,71-,72-,73-,74-,75-,76-,77-,78-,86-/m0/s1. The predicted octanol–water partition coefficient (Wildman–Crippen LogP) is 0.312. The van der Waals surface area contributed by atoms with Crippen LogP contribution in [-0.4, -0.2) is 246 Å². The van der Waals surface area contributed by atoms with Gasteiger partial charge in [-0.2, -0.15) is 0 Å². The number of carboxylic acid groups (broad SMARTS) is 2. The third-order valence-electron chi connectivity index (χ3n) is 23.4. The highest BCUT2D eigenvalue weighted by Gasteiger charge is 2.39. The number of hydrogen-bond acceptors (Lipinski definition) is 23. The average Bonchev–Trinajstić information content (AvgIpc) is 0.768. The van der Waals surface area contributed by atoms with Crippen LogP contribution in [-0.2, 0) is 115 Å². The molecular formula is C99H157N21O22. The highest BCUT2D eigenvalue weighted by Crippen LogP contribution is 2.19. The van der Waals surface area contributed by atoms with E-state index in [1.165, 1.54) is 45.4 Å². The van der Waals surface area contributed by atoms with Gasteiger partial charge in [0, 0.05) is 32.1 Å². The monoisotopic (exact) mass is 1990 g/mol. The minimum Gasteiger partial charge on any atom is -0.481 e. The van der Waals surface area contributed by atoms with Crippen LogP contribution < -0.4 is 114 Å². The van der Waals surface area contributed by atoms with E-state index in [0.717, 1.165) is 25.7 Å². The van der Waals surface area contributed by atoms with Gasteiger partial charge in [-0.1, -0.05) is 210 Å². The summed E-state index contributed by atoms with van der Waals surface area (Å²) in [5.41, 5.74) is 30.1. The molecule has 0 saturated heterocycles. The van der Waals surface area contributed by atoms with Crippen molar-refractivity contribution in [1.82, 2.24) is 85.1 Å². The van der Waals surface area contributed by atoms with Crippen LogP contribution in [0.25, 0.3) is 0 Å². The average molecular weight is 1990 g/mol. The van der Waals surface area contributed by atoms with Gasteiger partial charge in [0.05, 0.1) is 32.5 Å². The Kier molecular flexibility index (Phi) is 60.5. The topological polar surface area (TPSA) is 704 Å². The molecule has 43 heteroatoms. The molecule has 0 aromatic heterocycles. The fraction of sp³-hybridized carbons (Fsp3) is 0.616. The fourth-order valence-electron chi connectivity index (χ4n) is 15.3. The predicted molar refractivity (Wildman–Crippen MR) is 531 cm³/mol. The molecule has 43 nitrogen and oxygen atoms in total. The first-order chi connectivity index (χ1) is 67.6. The summed E-state index contributed by atoms with van der Waals surface area (Å²) in [5, 5.41) is 59.8. The highest BCUT2D eigenvalue weighted by molar-refractivity contribution is 6.02. The Bertz CT molecular complexity index is 4500. The van der Waals surface area contributed by atoms with Gasteiger partial charge < -0.3 is 124 Å². The molecule has 0 aliphatic heterocycles. The molecule has 0 fully saturated rings. The maximum Gasteiger partial charge on any atom is 0.326 e. The van der Waals surface area contributed by atoms with Crippen molar-refractivity contribution in [3.8, 4) is 0 Å². The molecule has 0 aliphatic carbocycles. The van der Waals surface area contributed by atoms with Gasteiger partial charge in [-0.15, -0.1) is 0 Å². The Balaban J connectivity index is 1.85. The van der Waals surface area contributed by atoms with Gasteiger partial charge in [-0.3, -0.25) is 91.1 Å². The van der Waals surface area contributed by atoms with E-state index < -0.39 is 242 Å². The Morgan fingerprint density at radius 1 is 0.289 bits per heavy atom. The van der Waals surface area contributed by atoms with E-state index in [1.807, 2.05) is 0 Å². The molecule has 0 aliphatic rings. The molecular weight excluding hydrogens is 1840 g/mol. The van der Waals surface area contributed by atoms with Crippen LogP contribution >= 0.6 is 0 Å². The first kappa shape index (κ1) is 123. The first-order valence-corrected chi connectivity index (χ1v) is 49.6. The van der Waals surface area contributed by atoms with Gasteiger partial charge >= 0.3 is 11.9 Å². The SMILES string of the molecule is CCCCCCCCCCCCCC(=O)NCC(=O)N[C@@H](CC(N)=O)C(=O)N[C@H](C(=O)N[C@@H](Cc1ccccc1)C(=O)N[C@@H](C)C(=O)N[C@@H](CC(N)=O)C(=O)N[C@@H](CC(C)C)C(=O)N[C@@H](Cc1ccccc1)C(=O)N[C@@H](CCCCN)C(=O)NCC(=O)N[C@@H](CC(C)C)C(=O)N[C@@H](Cc1ccccc1)C(=O)NCC(=O)N[C@@H](CCCCN)C(=O)N[C@@H](CCCCN)C(=O)N[C@@H](CCC(=O)O)C(=O)O)[C@@H](C)CC. The van der Waals surface area contributed by atoms with E-state index in [0.29, 0.717) is 55.2 Å². The van der Waals surface area contributed by atoms with Crippen LogP contribution in [0, 0.1) is 17.8 Å². The van der Waals surface area contributed by atoms with Crippen LogP contribution in [0.15, 0.2) is 91.0 Å². The molecule has 790 valence electrons. The number of rotatable bonds is 75. The number of amides is 18. The zero-order chi connectivity index (χ0) is 106. The van der Waals surface area contributed by atoms with Crippen molar-refractivity contribution in [3.63, 3.8) is 0 Å². The summed E-state index contributed by atoms with van der Waals surface area (Å²) in [6, 6.07) is 5.79. The second kappa shape index (κ2) is 69.7. The maximum absolute atomic E-state index is 14.9. The molecule has 18 amide bonds. The highest BCUT2D eigenvalue weighted by atomic mass is 16.4. The fourth-order valence-corrected chi connectivity index (χ4v) is 15.3. The summed E-state index contributed by atoms with van der Waals surface area (Å²) in [4.78, 5) is 275. The number of primary amides is 2. The minimum atomic E-state index is -1.82. The molecule has 0 radical (unpaired) electrons. The Hall–Kier alpha value is -13.1. The summed E-state index contributed by atoms with van der Waals surface area (Å²) in [7, 11) is 0. The molecule has 28 N–H and O–H groups in total. The Morgan fingerprint density at radius 3 is 1.01 bits per heavy atom. The number of hydrogen-bond donors (Lipinski definition) is 23. The molecule has 0 spiro atoms. The van der Waals surface area contributed by atoms with Crippen molar-refractivity contribution in [2.75, 3.05) is 39.3 Å². The van der Waals surface area contributed by atoms with Crippen molar-refractivity contribution < 1.29 is 106 Å². The number of benzene rings is 3. The van der Waals surface area contributed by atoms with Crippen LogP contribution in [0.4, 0.5) is 0 Å². The van der Waals surface area contributed by atoms with Crippen molar-refractivity contribution in [1.29, 1.82) is 0 Å². The van der Waals surface area contributed by atoms with Gasteiger partial charge in [-0.25, -0.2) is 4.79 Å². The number of unbranched alkanes of at least 4 members (excludes halogenated alkanes) is 13. The van der Waals surface area contributed by atoms with Gasteiger partial charge in [0.2, 0.25) is 106 Å². The third-order valence-corrected chi connectivity index (χ3v) is 23.4. The number of carbonyl (C=O) groups excluding carboxylic acids is 18. The molecule has 3 aromatic rings. The van der Waals surface area contributed by atoms with E-state index in [9.17, 15) is 106 Å². The van der Waals surface area contributed by atoms with E-state index in [1.54, 1.807) is 133 Å². The van der Waals surface area contributed by atoms with Crippen LogP contribution in [0.2, 0.25) is 0 Å². The normalized spacial score (nSPS) is 14.1. The van der Waals surface area contributed by atoms with Crippen LogP contribution in [0.3, 0.4) is 0 Å². The minimum absolute atomic E-state index is 0.00717. The second-order valence-electron chi connectivity index (χ2n) is 36.7. The molecule has 14 atom stereocenters. The lowest BCUT2D eigenvalue weighted by molar-refractivity contribution is -0.143. The van der Waals surface area contributed by atoms with Crippen molar-refractivity contribution in [2.24, 2.45) is 46.4 Å². The molecule has 3 rings (SSSR count). The first-order valence-electron chi connectivity index (χ1n) is 49.6. The van der Waals surface area contributed by atoms with E-state index >= 15 is 0 Å². The number of carboxylic acids is 2. The van der Waals surface area contributed by atoms with Gasteiger partial charge in [0.1, 0.15) is 78.5 Å². The maximum atomic E-state index is 14.9. The van der Waals surface area contributed by atoms with E-state index in [2.05, 4.69) is 92.0 Å². The molecule has 0 bridgehead atoms. The summed E-state index contributed by atoms with van der Waals surface area (Å²) in [6.07, 6.45) is 11.1. The van der Waals surface area contributed by atoms with E-state index in [-0.39, 0.29) is 108 Å². The lowest BCUT2D eigenvalue weighted by Crippen LogP contribution is -2.61. The van der Waals surface area contributed by atoms with Crippen molar-refractivity contribution in [3.05, 3.63) is 108 Å². The lowest BCUT2D eigenvalue weighted by atomic mass is 9.96. The largest absolute Gasteiger partial charge is 0.481 e. The number of aliphatic carboxylic acids is 2. The molecule has 0 saturated carbocycles. The second-order valence-corrected chi connectivity index (χ2v) is 36.7. The van der Waals surface area contributed by atoms with Crippen molar-refractivity contribution in [2.45, 2.75) is 333 Å². The molecule has 0 heterocycles. The molecule has 3 aromatic carbocycles. The molecule has 142 heavy (non-hydrogen) atoms. The molecule has 0 unspecified atom stereocenters. The summed E-state index contributed by atoms with van der Waals surface area (Å²) < 4.78 is 0. The van der Waals surface area contributed by atoms with Crippen LogP contribution in [0.5, 0.6) is 0 Å². The van der Waals surface area contributed by atoms with Gasteiger partial charge in [0.15, 0.2) is 0 Å². The zero-order valence-electron chi connectivity index (χ0n) is 83.5. The summed E-state index contributed by atoms with van der Waals surface area (Å²) >= 11 is 0. The van der Waals surface area contributed by atoms with Crippen LogP contribution in [0.1, 0.15) is 252 Å². The third kappa shape index (κ3) is 51.9. The zero-order valence-corrected chi connectivity index (χ0v) is 83.5. The quantitative estimate of drug-likeness (QED) is 0.0338. The van der Waals surface area contributed by atoms with Crippen molar-refractivity contribution >= 4 is 118 Å². The number of nitrogens with two attached hydrogens (primary N) is 5. The van der Waals surface area contributed by atoms with Gasteiger partial charge in [-0.05, 0) is 144 Å². The lowest BCUT2D eigenvalue weighted by Gasteiger charge is -2.29. The smallest absolute Gasteiger partial charge is 0.326 e. The summed E-state index contributed by atoms with van der Waals surface area (Å²) in [6.45, 7) is 12.3. The number of nitrogens with one attached hydrogen (secondary N) is 16. The number of carbonyl (C=O) groups is 20. The summed E-state index contributed by atoms with van der Waals surface area (Å²) in [5.74, 6) is -20.4. The van der Waals surface area contributed by atoms with E-state index in [4.69, 9.17) is 28.7 Å². The Morgan fingerprint density at radius 2 is 0.599 bits per heavy atom. The van der Waals surface area contributed by atoms with Gasteiger partial charge in [0.25, 0.3) is 0 Å².